The van der Waals surface area contributed by atoms with Crippen molar-refractivity contribution < 1.29 is 14.7 Å². The Bertz CT molecular complexity index is 321. The molecule has 96 valence electrons. The Morgan fingerprint density at radius 2 is 2.12 bits per heavy atom. The predicted octanol–water partition coefficient (Wildman–Crippen LogP) is 1.96. The lowest BCUT2D eigenvalue weighted by molar-refractivity contribution is -0.149. The Hall–Kier alpha value is -1.32. The van der Waals surface area contributed by atoms with E-state index in [1.54, 1.807) is 13.8 Å². The SMILES string of the molecule is CC(C)(CC(=O)NCC1CC=CCC1)C(=O)O. The van der Waals surface area contributed by atoms with Crippen molar-refractivity contribution in [3.8, 4) is 0 Å². The summed E-state index contributed by atoms with van der Waals surface area (Å²) < 4.78 is 0. The van der Waals surface area contributed by atoms with E-state index in [2.05, 4.69) is 17.5 Å². The van der Waals surface area contributed by atoms with Gasteiger partial charge in [-0.05, 0) is 39.0 Å². The fourth-order valence-electron chi connectivity index (χ4n) is 1.84. The van der Waals surface area contributed by atoms with Crippen LogP contribution in [0.5, 0.6) is 0 Å². The first kappa shape index (κ1) is 13.7. The Balaban J connectivity index is 2.30. The lowest BCUT2D eigenvalue weighted by atomic mass is 9.89. The maximum Gasteiger partial charge on any atom is 0.309 e. The molecule has 0 saturated carbocycles. The molecule has 1 rings (SSSR count). The average molecular weight is 239 g/mol. The number of aliphatic carboxylic acids is 1. The summed E-state index contributed by atoms with van der Waals surface area (Å²) in [7, 11) is 0. The van der Waals surface area contributed by atoms with Crippen molar-refractivity contribution in [1.82, 2.24) is 5.32 Å². The van der Waals surface area contributed by atoms with Gasteiger partial charge in [-0.3, -0.25) is 9.59 Å². The number of amides is 1. The van der Waals surface area contributed by atoms with Gasteiger partial charge in [0.1, 0.15) is 0 Å². The highest BCUT2D eigenvalue weighted by Gasteiger charge is 2.30. The molecular weight excluding hydrogens is 218 g/mol. The molecule has 4 heteroatoms. The molecule has 0 fully saturated rings. The Kier molecular flexibility index (Phi) is 4.73. The summed E-state index contributed by atoms with van der Waals surface area (Å²) in [4.78, 5) is 22.5. The third kappa shape index (κ3) is 4.59. The van der Waals surface area contributed by atoms with Crippen LogP contribution in [-0.2, 0) is 9.59 Å². The van der Waals surface area contributed by atoms with Gasteiger partial charge < -0.3 is 10.4 Å². The minimum atomic E-state index is -0.990. The van der Waals surface area contributed by atoms with Gasteiger partial charge in [0.2, 0.25) is 5.91 Å². The average Bonchev–Trinajstić information content (AvgIpc) is 2.27. The molecule has 17 heavy (non-hydrogen) atoms. The molecule has 0 saturated heterocycles. The molecule has 0 aromatic carbocycles. The van der Waals surface area contributed by atoms with Crippen LogP contribution in [0.2, 0.25) is 0 Å². The number of hydrogen-bond acceptors (Lipinski definition) is 2. The molecule has 1 aliphatic rings. The first-order chi connectivity index (χ1) is 7.92. The zero-order valence-electron chi connectivity index (χ0n) is 10.5. The van der Waals surface area contributed by atoms with Crippen LogP contribution in [0.25, 0.3) is 0 Å². The fourth-order valence-corrected chi connectivity index (χ4v) is 1.84. The second kappa shape index (κ2) is 5.84. The van der Waals surface area contributed by atoms with Gasteiger partial charge in [-0.2, -0.15) is 0 Å². The zero-order valence-corrected chi connectivity index (χ0v) is 10.5. The van der Waals surface area contributed by atoms with Crippen LogP contribution in [0.4, 0.5) is 0 Å². The molecule has 1 atom stereocenters. The minimum absolute atomic E-state index is 0.0326. The van der Waals surface area contributed by atoms with E-state index < -0.39 is 11.4 Å². The van der Waals surface area contributed by atoms with Gasteiger partial charge in [0.25, 0.3) is 0 Å². The number of rotatable bonds is 5. The molecule has 1 amide bonds. The van der Waals surface area contributed by atoms with Crippen molar-refractivity contribution in [2.75, 3.05) is 6.54 Å². The molecule has 0 aliphatic heterocycles. The van der Waals surface area contributed by atoms with Gasteiger partial charge in [-0.25, -0.2) is 0 Å². The number of carbonyl (C=O) groups is 2. The summed E-state index contributed by atoms with van der Waals surface area (Å²) in [6, 6.07) is 0. The van der Waals surface area contributed by atoms with E-state index in [4.69, 9.17) is 5.11 Å². The third-order valence-electron chi connectivity index (χ3n) is 3.15. The number of carbonyl (C=O) groups excluding carboxylic acids is 1. The third-order valence-corrected chi connectivity index (χ3v) is 3.15. The van der Waals surface area contributed by atoms with Crippen LogP contribution in [-0.4, -0.2) is 23.5 Å². The highest BCUT2D eigenvalue weighted by molar-refractivity contribution is 5.84. The van der Waals surface area contributed by atoms with Crippen LogP contribution in [0.3, 0.4) is 0 Å². The van der Waals surface area contributed by atoms with Crippen molar-refractivity contribution in [1.29, 1.82) is 0 Å². The summed E-state index contributed by atoms with van der Waals surface area (Å²) in [6.07, 6.45) is 7.50. The summed E-state index contributed by atoms with van der Waals surface area (Å²) >= 11 is 0. The lowest BCUT2D eigenvalue weighted by Crippen LogP contribution is -2.35. The first-order valence-electron chi connectivity index (χ1n) is 6.07. The van der Waals surface area contributed by atoms with E-state index in [1.165, 1.54) is 0 Å². The van der Waals surface area contributed by atoms with Crippen LogP contribution in [0.1, 0.15) is 39.5 Å². The Morgan fingerprint density at radius 3 is 2.65 bits per heavy atom. The van der Waals surface area contributed by atoms with Crippen molar-refractivity contribution >= 4 is 11.9 Å². The molecule has 0 aromatic heterocycles. The quantitative estimate of drug-likeness (QED) is 0.721. The monoisotopic (exact) mass is 239 g/mol. The van der Waals surface area contributed by atoms with E-state index >= 15 is 0 Å². The smallest absolute Gasteiger partial charge is 0.309 e. The number of carboxylic acid groups (broad SMARTS) is 1. The molecule has 1 unspecified atom stereocenters. The predicted molar refractivity (Wildman–Crippen MR) is 65.5 cm³/mol. The minimum Gasteiger partial charge on any atom is -0.481 e. The summed E-state index contributed by atoms with van der Waals surface area (Å²) in [5.74, 6) is -0.614. The van der Waals surface area contributed by atoms with Gasteiger partial charge in [0, 0.05) is 13.0 Å². The maximum atomic E-state index is 11.6. The van der Waals surface area contributed by atoms with Crippen LogP contribution in [0.15, 0.2) is 12.2 Å². The van der Waals surface area contributed by atoms with E-state index in [0.29, 0.717) is 12.5 Å². The molecule has 0 aromatic rings. The summed E-state index contributed by atoms with van der Waals surface area (Å²) in [5, 5.41) is 11.7. The van der Waals surface area contributed by atoms with E-state index in [0.717, 1.165) is 19.3 Å². The molecular formula is C13H21NO3. The summed E-state index contributed by atoms with van der Waals surface area (Å²) in [6.45, 7) is 3.79. The molecule has 0 spiro atoms. The van der Waals surface area contributed by atoms with E-state index in [1.807, 2.05) is 0 Å². The zero-order chi connectivity index (χ0) is 12.9. The van der Waals surface area contributed by atoms with E-state index in [-0.39, 0.29) is 12.3 Å². The van der Waals surface area contributed by atoms with Crippen molar-refractivity contribution in [3.05, 3.63) is 12.2 Å². The Morgan fingerprint density at radius 1 is 1.41 bits per heavy atom. The largest absolute Gasteiger partial charge is 0.481 e. The summed E-state index contributed by atoms with van der Waals surface area (Å²) in [5.41, 5.74) is -0.990. The van der Waals surface area contributed by atoms with Gasteiger partial charge >= 0.3 is 5.97 Å². The number of carboxylic acids is 1. The van der Waals surface area contributed by atoms with Gasteiger partial charge in [0.15, 0.2) is 0 Å². The van der Waals surface area contributed by atoms with Crippen LogP contribution in [0, 0.1) is 11.3 Å². The van der Waals surface area contributed by atoms with Crippen LogP contribution < -0.4 is 5.32 Å². The van der Waals surface area contributed by atoms with Gasteiger partial charge in [-0.1, -0.05) is 12.2 Å². The van der Waals surface area contributed by atoms with Crippen molar-refractivity contribution in [3.63, 3.8) is 0 Å². The second-order valence-corrected chi connectivity index (χ2v) is 5.32. The normalized spacial score (nSPS) is 20.0. The van der Waals surface area contributed by atoms with Gasteiger partial charge in [0.05, 0.1) is 5.41 Å². The molecule has 2 N–H and O–H groups in total. The topological polar surface area (TPSA) is 66.4 Å². The van der Waals surface area contributed by atoms with Gasteiger partial charge in [-0.15, -0.1) is 0 Å². The maximum absolute atomic E-state index is 11.6. The van der Waals surface area contributed by atoms with Crippen molar-refractivity contribution in [2.24, 2.45) is 11.3 Å². The number of hydrogen-bond donors (Lipinski definition) is 2. The highest BCUT2D eigenvalue weighted by Crippen LogP contribution is 2.21. The molecule has 0 bridgehead atoms. The standard InChI is InChI=1S/C13H21NO3/c1-13(2,12(16)17)8-11(15)14-9-10-6-4-3-5-7-10/h3-4,10H,5-9H2,1-2H3,(H,14,15)(H,16,17). The van der Waals surface area contributed by atoms with Crippen molar-refractivity contribution in [2.45, 2.75) is 39.5 Å². The first-order valence-corrected chi connectivity index (χ1v) is 6.07. The lowest BCUT2D eigenvalue weighted by Gasteiger charge is -2.21. The highest BCUT2D eigenvalue weighted by atomic mass is 16.4. The number of allylic oxidation sites excluding steroid dienone is 2. The molecule has 1 aliphatic carbocycles. The number of nitrogens with one attached hydrogen (secondary N) is 1. The van der Waals surface area contributed by atoms with E-state index in [9.17, 15) is 9.59 Å². The van der Waals surface area contributed by atoms with Crippen LogP contribution >= 0.6 is 0 Å². The second-order valence-electron chi connectivity index (χ2n) is 5.32. The molecule has 0 heterocycles. The molecule has 4 nitrogen and oxygen atoms in total. The fraction of sp³-hybridized carbons (Fsp3) is 0.692. The molecule has 0 radical (unpaired) electrons. The Labute approximate surface area is 102 Å².